The average molecular weight is 219 g/mol. The molecule has 0 N–H and O–H groups in total. The van der Waals surface area contributed by atoms with Gasteiger partial charge in [-0.05, 0) is 26.0 Å². The van der Waals surface area contributed by atoms with Gasteiger partial charge in [-0.1, -0.05) is 37.6 Å². The second kappa shape index (κ2) is 6.44. The van der Waals surface area contributed by atoms with Crippen LogP contribution in [0.5, 0.6) is 0 Å². The zero-order valence-electron chi connectivity index (χ0n) is 10.4. The zero-order chi connectivity index (χ0) is 12.0. The fraction of sp³-hybridized carbons (Fsp3) is 0.500. The van der Waals surface area contributed by atoms with Gasteiger partial charge in [0.1, 0.15) is 6.29 Å². The molecule has 88 valence electrons. The van der Waals surface area contributed by atoms with E-state index in [1.54, 1.807) is 0 Å². The molecule has 0 aromatic heterocycles. The Balaban J connectivity index is 2.68. The number of nitrogens with zero attached hydrogens (tertiary/aromatic N) is 1. The van der Waals surface area contributed by atoms with Crippen LogP contribution in [0.2, 0.25) is 0 Å². The van der Waals surface area contributed by atoms with Crippen molar-refractivity contribution in [3.8, 4) is 0 Å². The van der Waals surface area contributed by atoms with Crippen LogP contribution >= 0.6 is 0 Å². The Morgan fingerprint density at radius 2 is 2.06 bits per heavy atom. The van der Waals surface area contributed by atoms with Crippen molar-refractivity contribution in [2.45, 2.75) is 39.3 Å². The minimum atomic E-state index is 0.560. The Morgan fingerprint density at radius 1 is 1.38 bits per heavy atom. The minimum absolute atomic E-state index is 0.560. The van der Waals surface area contributed by atoms with Gasteiger partial charge in [-0.2, -0.15) is 0 Å². The Hall–Kier alpha value is -1.15. The van der Waals surface area contributed by atoms with E-state index in [0.717, 1.165) is 24.0 Å². The fourth-order valence-electron chi connectivity index (χ4n) is 1.86. The lowest BCUT2D eigenvalue weighted by atomic mass is 10.1. The third-order valence-corrected chi connectivity index (χ3v) is 3.06. The second-order valence-electron chi connectivity index (χ2n) is 4.37. The number of hydrogen-bond acceptors (Lipinski definition) is 2. The van der Waals surface area contributed by atoms with Gasteiger partial charge in [-0.15, -0.1) is 0 Å². The summed E-state index contributed by atoms with van der Waals surface area (Å²) < 4.78 is 0. The monoisotopic (exact) mass is 219 g/mol. The summed E-state index contributed by atoms with van der Waals surface area (Å²) >= 11 is 0. The molecule has 0 amide bonds. The van der Waals surface area contributed by atoms with Crippen molar-refractivity contribution in [3.05, 3.63) is 35.4 Å². The second-order valence-corrected chi connectivity index (χ2v) is 4.37. The Labute approximate surface area is 98.3 Å². The van der Waals surface area contributed by atoms with Crippen LogP contribution in [0.25, 0.3) is 0 Å². The van der Waals surface area contributed by atoms with Crippen LogP contribution in [0, 0.1) is 0 Å². The maximum atomic E-state index is 10.9. The molecule has 1 aromatic rings. The van der Waals surface area contributed by atoms with Crippen LogP contribution in [0.3, 0.4) is 0 Å². The summed E-state index contributed by atoms with van der Waals surface area (Å²) in [4.78, 5) is 13.2. The molecular formula is C14H21NO. The summed E-state index contributed by atoms with van der Waals surface area (Å²) in [6.45, 7) is 5.27. The molecule has 0 radical (unpaired) electrons. The first-order valence-electron chi connectivity index (χ1n) is 5.92. The summed E-state index contributed by atoms with van der Waals surface area (Å²) in [5, 5.41) is 0. The molecule has 1 atom stereocenters. The van der Waals surface area contributed by atoms with Gasteiger partial charge in [0.15, 0.2) is 0 Å². The first kappa shape index (κ1) is 12.9. The topological polar surface area (TPSA) is 20.3 Å². The van der Waals surface area contributed by atoms with Crippen LogP contribution in [-0.2, 0) is 6.54 Å². The predicted octanol–water partition coefficient (Wildman–Crippen LogP) is 3.12. The Morgan fingerprint density at radius 3 is 2.69 bits per heavy atom. The lowest BCUT2D eigenvalue weighted by Crippen LogP contribution is -2.28. The van der Waals surface area contributed by atoms with E-state index in [-0.39, 0.29) is 0 Å². The molecule has 2 heteroatoms. The third-order valence-electron chi connectivity index (χ3n) is 3.06. The molecule has 0 saturated heterocycles. The largest absolute Gasteiger partial charge is 0.299 e. The minimum Gasteiger partial charge on any atom is -0.299 e. The molecule has 0 aliphatic carbocycles. The average Bonchev–Trinajstić information content (AvgIpc) is 2.30. The highest BCUT2D eigenvalue weighted by Gasteiger charge is 2.10. The molecule has 0 spiro atoms. The highest BCUT2D eigenvalue weighted by molar-refractivity contribution is 5.77. The van der Waals surface area contributed by atoms with E-state index in [2.05, 4.69) is 25.8 Å². The van der Waals surface area contributed by atoms with Crippen LogP contribution in [0.1, 0.15) is 42.6 Å². The number of carbonyl (C=O) groups excluding carboxylic acids is 1. The molecule has 1 unspecified atom stereocenters. The van der Waals surface area contributed by atoms with E-state index in [4.69, 9.17) is 0 Å². The van der Waals surface area contributed by atoms with Gasteiger partial charge in [-0.25, -0.2) is 0 Å². The molecule has 1 aromatic carbocycles. The maximum absolute atomic E-state index is 10.9. The molecule has 16 heavy (non-hydrogen) atoms. The smallest absolute Gasteiger partial charge is 0.150 e. The first-order valence-corrected chi connectivity index (χ1v) is 5.92. The van der Waals surface area contributed by atoms with E-state index in [1.165, 1.54) is 12.8 Å². The van der Waals surface area contributed by atoms with Gasteiger partial charge in [0, 0.05) is 18.2 Å². The van der Waals surface area contributed by atoms with E-state index < -0.39 is 0 Å². The fourth-order valence-corrected chi connectivity index (χ4v) is 1.86. The van der Waals surface area contributed by atoms with Crippen molar-refractivity contribution in [2.75, 3.05) is 7.05 Å². The van der Waals surface area contributed by atoms with Crippen molar-refractivity contribution >= 4 is 6.29 Å². The van der Waals surface area contributed by atoms with Gasteiger partial charge in [0.2, 0.25) is 0 Å². The van der Waals surface area contributed by atoms with E-state index in [0.29, 0.717) is 6.04 Å². The molecule has 0 saturated carbocycles. The molecule has 1 rings (SSSR count). The van der Waals surface area contributed by atoms with Gasteiger partial charge in [0.25, 0.3) is 0 Å². The van der Waals surface area contributed by atoms with Gasteiger partial charge in [-0.3, -0.25) is 9.69 Å². The van der Waals surface area contributed by atoms with Crippen LogP contribution in [0.4, 0.5) is 0 Å². The highest BCUT2D eigenvalue weighted by Crippen LogP contribution is 2.12. The van der Waals surface area contributed by atoms with Crippen molar-refractivity contribution < 1.29 is 4.79 Å². The van der Waals surface area contributed by atoms with Crippen LogP contribution in [0.15, 0.2) is 24.3 Å². The number of rotatable bonds is 6. The lowest BCUT2D eigenvalue weighted by Gasteiger charge is -2.24. The van der Waals surface area contributed by atoms with Gasteiger partial charge >= 0.3 is 0 Å². The SMILES string of the molecule is CCCC(C)N(C)Cc1ccccc1C=O. The van der Waals surface area contributed by atoms with E-state index >= 15 is 0 Å². The quantitative estimate of drug-likeness (QED) is 0.685. The van der Waals surface area contributed by atoms with Crippen LogP contribution in [-0.4, -0.2) is 24.3 Å². The summed E-state index contributed by atoms with van der Waals surface area (Å²) in [6, 6.07) is 8.35. The van der Waals surface area contributed by atoms with Crippen molar-refractivity contribution in [1.82, 2.24) is 4.90 Å². The van der Waals surface area contributed by atoms with Gasteiger partial charge < -0.3 is 0 Å². The molecule has 0 heterocycles. The third kappa shape index (κ3) is 3.46. The van der Waals surface area contributed by atoms with Crippen molar-refractivity contribution in [2.24, 2.45) is 0 Å². The van der Waals surface area contributed by atoms with Crippen molar-refractivity contribution in [3.63, 3.8) is 0 Å². The summed E-state index contributed by atoms with van der Waals surface area (Å²) in [6.07, 6.45) is 3.33. The summed E-state index contributed by atoms with van der Waals surface area (Å²) in [7, 11) is 2.11. The molecule has 0 fully saturated rings. The highest BCUT2D eigenvalue weighted by atomic mass is 16.1. The molecule has 2 nitrogen and oxygen atoms in total. The van der Waals surface area contributed by atoms with Crippen molar-refractivity contribution in [1.29, 1.82) is 0 Å². The summed E-state index contributed by atoms with van der Waals surface area (Å²) in [5.74, 6) is 0. The number of benzene rings is 1. The first-order chi connectivity index (χ1) is 7.69. The molecule has 0 aliphatic heterocycles. The lowest BCUT2D eigenvalue weighted by molar-refractivity contribution is 0.112. The standard InChI is InChI=1S/C14H21NO/c1-4-7-12(2)15(3)10-13-8-5-6-9-14(13)11-16/h5-6,8-9,11-12H,4,7,10H2,1-3H3. The van der Waals surface area contributed by atoms with E-state index in [9.17, 15) is 4.79 Å². The van der Waals surface area contributed by atoms with Crippen LogP contribution < -0.4 is 0 Å². The number of hydrogen-bond donors (Lipinski definition) is 0. The summed E-state index contributed by atoms with van der Waals surface area (Å²) in [5.41, 5.74) is 1.92. The van der Waals surface area contributed by atoms with Gasteiger partial charge in [0.05, 0.1) is 0 Å². The van der Waals surface area contributed by atoms with E-state index in [1.807, 2.05) is 24.3 Å². The Kier molecular flexibility index (Phi) is 5.20. The number of carbonyl (C=O) groups is 1. The predicted molar refractivity (Wildman–Crippen MR) is 67.7 cm³/mol. The molecular weight excluding hydrogens is 198 g/mol. The molecule has 0 aliphatic rings. The number of aldehydes is 1. The zero-order valence-corrected chi connectivity index (χ0v) is 10.4. The molecule has 0 bridgehead atoms. The maximum Gasteiger partial charge on any atom is 0.150 e. The normalized spacial score (nSPS) is 12.8. The Bertz CT molecular complexity index is 335.